The molecule has 0 aromatic heterocycles. The van der Waals surface area contributed by atoms with Crippen LogP contribution in [0.25, 0.3) is 0 Å². The Morgan fingerprint density at radius 3 is 2.48 bits per heavy atom. The number of piperazine rings is 1. The zero-order valence-electron chi connectivity index (χ0n) is 15.5. The fraction of sp³-hybridized carbons (Fsp3) is 0.381. The second-order valence-corrected chi connectivity index (χ2v) is 7.32. The number of anilines is 1. The van der Waals surface area contributed by atoms with Gasteiger partial charge >= 0.3 is 0 Å². The van der Waals surface area contributed by atoms with E-state index in [-0.39, 0.29) is 10.6 Å². The number of likely N-dealkylation sites (N-methyl/N-ethyl adjacent to an activating group) is 1. The predicted molar refractivity (Wildman–Crippen MR) is 108 cm³/mol. The number of nitrogens with zero attached hydrogens (tertiary/aromatic N) is 2. The number of hydrogen-bond acceptors (Lipinski definition) is 3. The molecule has 4 nitrogen and oxygen atoms in total. The largest absolute Gasteiger partial charge is 0.369 e. The highest BCUT2D eigenvalue weighted by Gasteiger charge is 2.15. The standard InChI is InChI=1S/C21H25ClFN3O/c1-25-12-14-26(15-13-25)17-9-7-16(8-10-17)4-3-11-24-21(27)20-18(22)5-2-6-19(20)23/h2,5-10H,3-4,11-15H2,1H3,(H,24,27). The quantitative estimate of drug-likeness (QED) is 0.767. The van der Waals surface area contributed by atoms with Crippen molar-refractivity contribution in [2.45, 2.75) is 12.8 Å². The minimum absolute atomic E-state index is 0.0873. The molecule has 0 unspecified atom stereocenters. The average Bonchev–Trinajstić information content (AvgIpc) is 2.66. The maximum atomic E-state index is 13.7. The van der Waals surface area contributed by atoms with Gasteiger partial charge < -0.3 is 15.1 Å². The second kappa shape index (κ2) is 9.20. The summed E-state index contributed by atoms with van der Waals surface area (Å²) in [4.78, 5) is 16.8. The maximum absolute atomic E-state index is 13.7. The monoisotopic (exact) mass is 389 g/mol. The molecule has 1 fully saturated rings. The van der Waals surface area contributed by atoms with Crippen LogP contribution >= 0.6 is 11.6 Å². The number of hydrogen-bond donors (Lipinski definition) is 1. The van der Waals surface area contributed by atoms with Crippen molar-refractivity contribution >= 4 is 23.2 Å². The van der Waals surface area contributed by atoms with E-state index in [9.17, 15) is 9.18 Å². The molecule has 27 heavy (non-hydrogen) atoms. The van der Waals surface area contributed by atoms with Crippen LogP contribution in [0, 0.1) is 5.82 Å². The number of nitrogens with one attached hydrogen (secondary N) is 1. The van der Waals surface area contributed by atoms with Gasteiger partial charge in [-0.15, -0.1) is 0 Å². The van der Waals surface area contributed by atoms with Gasteiger partial charge in [-0.1, -0.05) is 29.8 Å². The molecule has 1 aliphatic rings. The molecule has 2 aromatic rings. The van der Waals surface area contributed by atoms with Crippen molar-refractivity contribution in [3.8, 4) is 0 Å². The lowest BCUT2D eigenvalue weighted by atomic mass is 10.1. The number of aryl methyl sites for hydroxylation is 1. The summed E-state index contributed by atoms with van der Waals surface area (Å²) in [6, 6.07) is 12.9. The molecule has 3 rings (SSSR count). The Morgan fingerprint density at radius 1 is 1.11 bits per heavy atom. The topological polar surface area (TPSA) is 35.6 Å². The Balaban J connectivity index is 1.45. The van der Waals surface area contributed by atoms with Gasteiger partial charge in [-0.2, -0.15) is 0 Å². The number of rotatable bonds is 6. The summed E-state index contributed by atoms with van der Waals surface area (Å²) >= 11 is 5.91. The molecule has 0 saturated carbocycles. The van der Waals surface area contributed by atoms with Crippen molar-refractivity contribution in [1.29, 1.82) is 0 Å². The minimum atomic E-state index is -0.598. The van der Waals surface area contributed by atoms with Gasteiger partial charge in [0.25, 0.3) is 5.91 Å². The lowest BCUT2D eigenvalue weighted by Gasteiger charge is -2.34. The van der Waals surface area contributed by atoms with Crippen LogP contribution < -0.4 is 10.2 Å². The average molecular weight is 390 g/mol. The van der Waals surface area contributed by atoms with Crippen molar-refractivity contribution in [1.82, 2.24) is 10.2 Å². The van der Waals surface area contributed by atoms with Crippen molar-refractivity contribution in [2.24, 2.45) is 0 Å². The van der Waals surface area contributed by atoms with Crippen molar-refractivity contribution in [3.63, 3.8) is 0 Å². The van der Waals surface area contributed by atoms with Gasteiger partial charge in [0.1, 0.15) is 5.82 Å². The van der Waals surface area contributed by atoms with Crippen LogP contribution in [0.1, 0.15) is 22.3 Å². The van der Waals surface area contributed by atoms with E-state index in [0.717, 1.165) is 39.0 Å². The van der Waals surface area contributed by atoms with E-state index < -0.39 is 11.7 Å². The molecule has 0 radical (unpaired) electrons. The van der Waals surface area contributed by atoms with Crippen LogP contribution in [0.3, 0.4) is 0 Å². The van der Waals surface area contributed by atoms with Gasteiger partial charge in [-0.3, -0.25) is 4.79 Å². The van der Waals surface area contributed by atoms with Crippen molar-refractivity contribution < 1.29 is 9.18 Å². The SMILES string of the molecule is CN1CCN(c2ccc(CCCNC(=O)c3c(F)cccc3Cl)cc2)CC1. The third kappa shape index (κ3) is 5.21. The highest BCUT2D eigenvalue weighted by molar-refractivity contribution is 6.33. The molecule has 0 atom stereocenters. The van der Waals surface area contributed by atoms with E-state index in [4.69, 9.17) is 11.6 Å². The summed E-state index contributed by atoms with van der Waals surface area (Å²) in [5.74, 6) is -1.07. The number of carbonyl (C=O) groups excluding carboxylic acids is 1. The molecule has 0 bridgehead atoms. The van der Waals surface area contributed by atoms with E-state index in [0.29, 0.717) is 6.54 Å². The molecule has 1 heterocycles. The van der Waals surface area contributed by atoms with Crippen LogP contribution in [0.15, 0.2) is 42.5 Å². The van der Waals surface area contributed by atoms with Crippen LogP contribution in [-0.2, 0) is 6.42 Å². The van der Waals surface area contributed by atoms with Crippen LogP contribution in [0.2, 0.25) is 5.02 Å². The smallest absolute Gasteiger partial charge is 0.255 e. The molecular formula is C21H25ClFN3O. The van der Waals surface area contributed by atoms with Gasteiger partial charge in [-0.05, 0) is 49.7 Å². The summed E-state index contributed by atoms with van der Waals surface area (Å²) in [6.45, 7) is 4.77. The third-order valence-electron chi connectivity index (χ3n) is 4.92. The first-order valence-electron chi connectivity index (χ1n) is 9.29. The minimum Gasteiger partial charge on any atom is -0.369 e. The van der Waals surface area contributed by atoms with Gasteiger partial charge in [0.05, 0.1) is 10.6 Å². The lowest BCUT2D eigenvalue weighted by Crippen LogP contribution is -2.44. The van der Waals surface area contributed by atoms with Gasteiger partial charge in [0.15, 0.2) is 0 Å². The fourth-order valence-corrected chi connectivity index (χ4v) is 3.48. The first-order chi connectivity index (χ1) is 13.0. The zero-order chi connectivity index (χ0) is 19.2. The van der Waals surface area contributed by atoms with E-state index in [1.165, 1.54) is 29.4 Å². The molecular weight excluding hydrogens is 365 g/mol. The molecule has 1 aliphatic heterocycles. The van der Waals surface area contributed by atoms with Crippen molar-refractivity contribution in [2.75, 3.05) is 44.7 Å². The Labute approximate surface area is 164 Å². The molecule has 1 N–H and O–H groups in total. The second-order valence-electron chi connectivity index (χ2n) is 6.91. The summed E-state index contributed by atoms with van der Waals surface area (Å²) in [7, 11) is 2.15. The van der Waals surface area contributed by atoms with Crippen LogP contribution in [0.4, 0.5) is 10.1 Å². The van der Waals surface area contributed by atoms with Crippen molar-refractivity contribution in [3.05, 3.63) is 64.4 Å². The van der Waals surface area contributed by atoms with Gasteiger partial charge in [-0.25, -0.2) is 4.39 Å². The van der Waals surface area contributed by atoms with Crippen LogP contribution in [0.5, 0.6) is 0 Å². The maximum Gasteiger partial charge on any atom is 0.255 e. The third-order valence-corrected chi connectivity index (χ3v) is 5.24. The van der Waals surface area contributed by atoms with E-state index in [1.807, 2.05) is 0 Å². The van der Waals surface area contributed by atoms with E-state index in [2.05, 4.69) is 46.4 Å². The number of carbonyl (C=O) groups is 1. The first-order valence-corrected chi connectivity index (χ1v) is 9.67. The number of halogens is 2. The lowest BCUT2D eigenvalue weighted by molar-refractivity contribution is 0.0949. The predicted octanol–water partition coefficient (Wildman–Crippen LogP) is 3.59. The van der Waals surface area contributed by atoms with Gasteiger partial charge in [0.2, 0.25) is 0 Å². The molecule has 0 spiro atoms. The summed E-state index contributed by atoms with van der Waals surface area (Å²) in [5.41, 5.74) is 2.40. The summed E-state index contributed by atoms with van der Waals surface area (Å²) in [5, 5.41) is 2.87. The fourth-order valence-electron chi connectivity index (χ4n) is 3.24. The summed E-state index contributed by atoms with van der Waals surface area (Å²) in [6.07, 6.45) is 1.64. The van der Waals surface area contributed by atoms with E-state index in [1.54, 1.807) is 0 Å². The van der Waals surface area contributed by atoms with E-state index >= 15 is 0 Å². The Hall–Kier alpha value is -2.11. The number of amides is 1. The van der Waals surface area contributed by atoms with Crippen LogP contribution in [-0.4, -0.2) is 50.6 Å². The highest BCUT2D eigenvalue weighted by Crippen LogP contribution is 2.19. The Bertz CT molecular complexity index is 753. The Morgan fingerprint density at radius 2 is 1.81 bits per heavy atom. The first kappa shape index (κ1) is 19.6. The Kier molecular flexibility index (Phi) is 6.69. The molecule has 144 valence electrons. The molecule has 6 heteroatoms. The molecule has 1 amide bonds. The molecule has 2 aromatic carbocycles. The number of benzene rings is 2. The zero-order valence-corrected chi connectivity index (χ0v) is 16.3. The molecule has 0 aliphatic carbocycles. The summed E-state index contributed by atoms with van der Waals surface area (Å²) < 4.78 is 13.7. The highest BCUT2D eigenvalue weighted by atomic mass is 35.5. The normalized spacial score (nSPS) is 15.0. The van der Waals surface area contributed by atoms with Gasteiger partial charge in [0, 0.05) is 38.4 Å². The molecule has 1 saturated heterocycles.